The van der Waals surface area contributed by atoms with Crippen molar-refractivity contribution in [2.45, 2.75) is 46.1 Å². The van der Waals surface area contributed by atoms with E-state index < -0.39 is 0 Å². The Balaban J connectivity index is 2.00. The second-order valence-corrected chi connectivity index (χ2v) is 5.78. The Morgan fingerprint density at radius 2 is 2.06 bits per heavy atom. The summed E-state index contributed by atoms with van der Waals surface area (Å²) in [5.74, 6) is -0.128. The van der Waals surface area contributed by atoms with Crippen molar-refractivity contribution in [3.05, 3.63) is 35.1 Å². The molecule has 0 unspecified atom stereocenters. The average molecular weight is 235 g/mol. The molecule has 0 atom stereocenters. The van der Waals surface area contributed by atoms with Crippen LogP contribution in [0.1, 0.15) is 37.8 Å². The minimum Gasteiger partial charge on any atom is -0.314 e. The molecule has 1 aromatic carbocycles. The standard InChI is InChI=1S/C15H22FN/c1-11(2)17-10-15(6-7-15)9-13-4-5-14(16)8-12(13)3/h4-5,8,11,17H,6-7,9-10H2,1-3H3. The number of nitrogens with one attached hydrogen (secondary N) is 1. The molecule has 0 radical (unpaired) electrons. The van der Waals surface area contributed by atoms with Crippen LogP contribution in [0.15, 0.2) is 18.2 Å². The van der Waals surface area contributed by atoms with Gasteiger partial charge >= 0.3 is 0 Å². The summed E-state index contributed by atoms with van der Waals surface area (Å²) >= 11 is 0. The van der Waals surface area contributed by atoms with E-state index in [1.165, 1.54) is 18.4 Å². The highest BCUT2D eigenvalue weighted by atomic mass is 19.1. The van der Waals surface area contributed by atoms with Crippen molar-refractivity contribution in [1.29, 1.82) is 0 Å². The molecule has 1 fully saturated rings. The lowest BCUT2D eigenvalue weighted by Crippen LogP contribution is -2.31. The van der Waals surface area contributed by atoms with Crippen molar-refractivity contribution in [3.8, 4) is 0 Å². The first-order valence-electron chi connectivity index (χ1n) is 6.49. The Bertz CT molecular complexity index is 394. The summed E-state index contributed by atoms with van der Waals surface area (Å²) in [4.78, 5) is 0. The quantitative estimate of drug-likeness (QED) is 0.824. The van der Waals surface area contributed by atoms with Gasteiger partial charge in [0, 0.05) is 12.6 Å². The van der Waals surface area contributed by atoms with Gasteiger partial charge in [-0.1, -0.05) is 19.9 Å². The largest absolute Gasteiger partial charge is 0.314 e. The maximum Gasteiger partial charge on any atom is 0.123 e. The van der Waals surface area contributed by atoms with E-state index in [4.69, 9.17) is 0 Å². The summed E-state index contributed by atoms with van der Waals surface area (Å²) in [5.41, 5.74) is 2.82. The van der Waals surface area contributed by atoms with Crippen LogP contribution in [0.25, 0.3) is 0 Å². The Morgan fingerprint density at radius 3 is 2.59 bits per heavy atom. The third-order valence-electron chi connectivity index (χ3n) is 3.71. The van der Waals surface area contributed by atoms with Gasteiger partial charge in [0.1, 0.15) is 5.82 Å². The van der Waals surface area contributed by atoms with Gasteiger partial charge in [0.05, 0.1) is 0 Å². The number of aryl methyl sites for hydroxylation is 1. The smallest absolute Gasteiger partial charge is 0.123 e. The maximum absolute atomic E-state index is 13.0. The molecule has 1 aromatic rings. The van der Waals surface area contributed by atoms with E-state index in [1.807, 2.05) is 13.0 Å². The first-order chi connectivity index (χ1) is 8.01. The van der Waals surface area contributed by atoms with Crippen molar-refractivity contribution >= 4 is 0 Å². The molecule has 0 bridgehead atoms. The summed E-state index contributed by atoms with van der Waals surface area (Å²) < 4.78 is 13.0. The number of rotatable bonds is 5. The van der Waals surface area contributed by atoms with Crippen LogP contribution in [-0.2, 0) is 6.42 Å². The molecule has 17 heavy (non-hydrogen) atoms. The molecule has 0 spiro atoms. The summed E-state index contributed by atoms with van der Waals surface area (Å²) in [6.45, 7) is 7.45. The van der Waals surface area contributed by atoms with Crippen LogP contribution in [0.5, 0.6) is 0 Å². The van der Waals surface area contributed by atoms with Gasteiger partial charge in [-0.15, -0.1) is 0 Å². The molecule has 0 saturated heterocycles. The van der Waals surface area contributed by atoms with Gasteiger partial charge < -0.3 is 5.32 Å². The van der Waals surface area contributed by atoms with Crippen molar-refractivity contribution in [1.82, 2.24) is 5.32 Å². The van der Waals surface area contributed by atoms with Gasteiger partial charge in [-0.2, -0.15) is 0 Å². The normalized spacial score (nSPS) is 17.5. The van der Waals surface area contributed by atoms with E-state index in [2.05, 4.69) is 19.2 Å². The number of hydrogen-bond acceptors (Lipinski definition) is 1. The number of halogens is 1. The molecule has 2 heteroatoms. The monoisotopic (exact) mass is 235 g/mol. The highest BCUT2D eigenvalue weighted by Gasteiger charge is 2.42. The van der Waals surface area contributed by atoms with E-state index >= 15 is 0 Å². The molecule has 1 N–H and O–H groups in total. The van der Waals surface area contributed by atoms with Gasteiger partial charge in [-0.3, -0.25) is 0 Å². The van der Waals surface area contributed by atoms with Gasteiger partial charge in [-0.05, 0) is 54.9 Å². The lowest BCUT2D eigenvalue weighted by molar-refractivity contribution is 0.428. The third kappa shape index (κ3) is 3.29. The zero-order valence-corrected chi connectivity index (χ0v) is 11.0. The van der Waals surface area contributed by atoms with Gasteiger partial charge in [0.25, 0.3) is 0 Å². The van der Waals surface area contributed by atoms with E-state index in [1.54, 1.807) is 12.1 Å². The summed E-state index contributed by atoms with van der Waals surface area (Å²) in [7, 11) is 0. The molecule has 0 aliphatic heterocycles. The number of hydrogen-bond donors (Lipinski definition) is 1. The van der Waals surface area contributed by atoms with E-state index in [9.17, 15) is 4.39 Å². The van der Waals surface area contributed by atoms with Crippen LogP contribution in [0.3, 0.4) is 0 Å². The Morgan fingerprint density at radius 1 is 1.35 bits per heavy atom. The highest BCUT2D eigenvalue weighted by Crippen LogP contribution is 2.48. The Kier molecular flexibility index (Phi) is 3.53. The molecule has 1 nitrogen and oxygen atoms in total. The lowest BCUT2D eigenvalue weighted by atomic mass is 9.93. The molecule has 94 valence electrons. The van der Waals surface area contributed by atoms with Crippen LogP contribution in [0, 0.1) is 18.2 Å². The molecule has 0 aromatic heterocycles. The fraction of sp³-hybridized carbons (Fsp3) is 0.600. The number of benzene rings is 1. The van der Waals surface area contributed by atoms with Crippen molar-refractivity contribution in [2.24, 2.45) is 5.41 Å². The zero-order chi connectivity index (χ0) is 12.5. The van der Waals surface area contributed by atoms with Crippen LogP contribution in [-0.4, -0.2) is 12.6 Å². The first-order valence-corrected chi connectivity index (χ1v) is 6.49. The van der Waals surface area contributed by atoms with Gasteiger partial charge in [0.2, 0.25) is 0 Å². The van der Waals surface area contributed by atoms with Crippen LogP contribution >= 0.6 is 0 Å². The molecule has 1 saturated carbocycles. The summed E-state index contributed by atoms with van der Waals surface area (Å²) in [5, 5.41) is 3.53. The fourth-order valence-corrected chi connectivity index (χ4v) is 2.28. The first kappa shape index (κ1) is 12.6. The molecular formula is C15H22FN. The summed E-state index contributed by atoms with van der Waals surface area (Å²) in [6.07, 6.45) is 3.67. The second kappa shape index (κ2) is 4.77. The van der Waals surface area contributed by atoms with E-state index in [0.29, 0.717) is 11.5 Å². The predicted octanol–water partition coefficient (Wildman–Crippen LogP) is 3.45. The van der Waals surface area contributed by atoms with E-state index in [0.717, 1.165) is 18.5 Å². The fourth-order valence-electron chi connectivity index (χ4n) is 2.28. The molecule has 2 rings (SSSR count). The minimum absolute atomic E-state index is 0.128. The van der Waals surface area contributed by atoms with Gasteiger partial charge in [-0.25, -0.2) is 4.39 Å². The molecule has 1 aliphatic rings. The topological polar surface area (TPSA) is 12.0 Å². The Hall–Kier alpha value is -0.890. The SMILES string of the molecule is Cc1cc(F)ccc1CC1(CNC(C)C)CC1. The Labute approximate surface area is 103 Å². The highest BCUT2D eigenvalue weighted by molar-refractivity contribution is 5.28. The van der Waals surface area contributed by atoms with Crippen LogP contribution < -0.4 is 5.32 Å². The average Bonchev–Trinajstić information content (AvgIpc) is 3.00. The van der Waals surface area contributed by atoms with Crippen molar-refractivity contribution < 1.29 is 4.39 Å². The van der Waals surface area contributed by atoms with Crippen LogP contribution in [0.4, 0.5) is 4.39 Å². The maximum atomic E-state index is 13.0. The molecular weight excluding hydrogens is 213 g/mol. The van der Waals surface area contributed by atoms with Crippen molar-refractivity contribution in [3.63, 3.8) is 0 Å². The predicted molar refractivity (Wildman–Crippen MR) is 69.6 cm³/mol. The molecule has 0 heterocycles. The molecule has 0 amide bonds. The van der Waals surface area contributed by atoms with Crippen LogP contribution in [0.2, 0.25) is 0 Å². The zero-order valence-electron chi connectivity index (χ0n) is 11.0. The van der Waals surface area contributed by atoms with Crippen molar-refractivity contribution in [2.75, 3.05) is 6.54 Å². The minimum atomic E-state index is -0.128. The molecule has 1 aliphatic carbocycles. The third-order valence-corrected chi connectivity index (χ3v) is 3.71. The van der Waals surface area contributed by atoms with E-state index in [-0.39, 0.29) is 5.82 Å². The second-order valence-electron chi connectivity index (χ2n) is 5.78. The summed E-state index contributed by atoms with van der Waals surface area (Å²) in [6, 6.07) is 5.71. The lowest BCUT2D eigenvalue weighted by Gasteiger charge is -2.19. The van der Waals surface area contributed by atoms with Gasteiger partial charge in [0.15, 0.2) is 0 Å².